The van der Waals surface area contributed by atoms with Gasteiger partial charge in [0.2, 0.25) is 0 Å². The zero-order chi connectivity index (χ0) is 20.1. The molecule has 3 heterocycles. The number of carbonyl (C=O) groups is 1. The van der Waals surface area contributed by atoms with E-state index in [0.717, 1.165) is 16.1 Å². The van der Waals surface area contributed by atoms with E-state index in [2.05, 4.69) is 5.10 Å². The Bertz CT molecular complexity index is 1180. The third-order valence-electron chi connectivity index (χ3n) is 5.02. The number of benzene rings is 1. The quantitative estimate of drug-likeness (QED) is 0.598. The van der Waals surface area contributed by atoms with Crippen LogP contribution in [0.15, 0.2) is 41.3 Å². The molecule has 8 heteroatoms. The Morgan fingerprint density at radius 1 is 1.14 bits per heavy atom. The second-order valence-corrected chi connectivity index (χ2v) is 10.0. The van der Waals surface area contributed by atoms with Gasteiger partial charge in [0.15, 0.2) is 5.78 Å². The minimum absolute atomic E-state index is 0.0265. The Labute approximate surface area is 168 Å². The molecule has 28 heavy (non-hydrogen) atoms. The maximum Gasteiger partial charge on any atom is 0.268 e. The standard InChI is InChI=1S/C20H21N3O3S2/c1-13-8-9-19(27-13)18(24)12-22-15(3)20(14(2)21-22)28(25,26)23-11-10-16-6-4-5-7-17(16)23/h4-9H,10-12H2,1-3H3. The lowest BCUT2D eigenvalue weighted by Crippen LogP contribution is -2.30. The van der Waals surface area contributed by atoms with Gasteiger partial charge in [-0.25, -0.2) is 8.42 Å². The summed E-state index contributed by atoms with van der Waals surface area (Å²) in [5.74, 6) is -0.0702. The SMILES string of the molecule is Cc1ccc(C(=O)Cn2nc(C)c(S(=O)(=O)N3CCc4ccccc43)c2C)s1. The van der Waals surface area contributed by atoms with Crippen molar-refractivity contribution >= 4 is 32.8 Å². The van der Waals surface area contributed by atoms with Crippen LogP contribution in [0.5, 0.6) is 0 Å². The summed E-state index contributed by atoms with van der Waals surface area (Å²) >= 11 is 1.43. The van der Waals surface area contributed by atoms with Gasteiger partial charge in [0.1, 0.15) is 11.4 Å². The second kappa shape index (κ2) is 6.86. The van der Waals surface area contributed by atoms with Crippen molar-refractivity contribution in [1.82, 2.24) is 9.78 Å². The molecule has 0 spiro atoms. The molecule has 0 atom stereocenters. The minimum Gasteiger partial charge on any atom is -0.291 e. The minimum atomic E-state index is -3.75. The summed E-state index contributed by atoms with van der Waals surface area (Å²) in [7, 11) is -3.75. The van der Waals surface area contributed by atoms with Crippen LogP contribution in [-0.2, 0) is 23.0 Å². The maximum absolute atomic E-state index is 13.4. The number of ketones is 1. The molecule has 1 aliphatic rings. The fourth-order valence-electron chi connectivity index (χ4n) is 3.67. The molecule has 0 fully saturated rings. The number of fused-ring (bicyclic) bond motifs is 1. The van der Waals surface area contributed by atoms with Crippen molar-refractivity contribution < 1.29 is 13.2 Å². The molecule has 0 amide bonds. The Hall–Kier alpha value is -2.45. The number of thiophene rings is 1. The predicted molar refractivity (Wildman–Crippen MR) is 110 cm³/mol. The first-order valence-corrected chi connectivity index (χ1v) is 11.3. The Morgan fingerprint density at radius 3 is 2.61 bits per heavy atom. The van der Waals surface area contributed by atoms with Crippen molar-refractivity contribution in [2.75, 3.05) is 10.8 Å². The van der Waals surface area contributed by atoms with Crippen LogP contribution in [0.2, 0.25) is 0 Å². The van der Waals surface area contributed by atoms with E-state index in [4.69, 9.17) is 0 Å². The molecule has 0 bridgehead atoms. The van der Waals surface area contributed by atoms with Crippen LogP contribution in [0.1, 0.15) is 31.5 Å². The maximum atomic E-state index is 13.4. The highest BCUT2D eigenvalue weighted by molar-refractivity contribution is 7.93. The van der Waals surface area contributed by atoms with E-state index >= 15 is 0 Å². The van der Waals surface area contributed by atoms with Gasteiger partial charge in [0.25, 0.3) is 10.0 Å². The van der Waals surface area contributed by atoms with Gasteiger partial charge >= 0.3 is 0 Å². The molecule has 3 aromatic rings. The molecule has 0 unspecified atom stereocenters. The van der Waals surface area contributed by atoms with Crippen LogP contribution in [-0.4, -0.2) is 30.5 Å². The van der Waals surface area contributed by atoms with Crippen LogP contribution >= 0.6 is 11.3 Å². The third kappa shape index (κ3) is 3.06. The molecular weight excluding hydrogens is 394 g/mol. The van der Waals surface area contributed by atoms with E-state index in [1.165, 1.54) is 20.3 Å². The summed E-state index contributed by atoms with van der Waals surface area (Å²) in [5.41, 5.74) is 2.65. The van der Waals surface area contributed by atoms with Crippen molar-refractivity contribution in [3.8, 4) is 0 Å². The summed E-state index contributed by atoms with van der Waals surface area (Å²) in [6.45, 7) is 5.78. The number of para-hydroxylation sites is 1. The average molecular weight is 416 g/mol. The number of hydrogen-bond acceptors (Lipinski definition) is 5. The van der Waals surface area contributed by atoms with Gasteiger partial charge in [-0.3, -0.25) is 13.8 Å². The number of sulfonamides is 1. The molecule has 2 aromatic heterocycles. The highest BCUT2D eigenvalue weighted by Crippen LogP contribution is 2.34. The first-order chi connectivity index (χ1) is 13.3. The third-order valence-corrected chi connectivity index (χ3v) is 8.12. The van der Waals surface area contributed by atoms with Crippen LogP contribution in [0, 0.1) is 20.8 Å². The molecule has 146 valence electrons. The molecule has 0 N–H and O–H groups in total. The highest BCUT2D eigenvalue weighted by atomic mass is 32.2. The zero-order valence-electron chi connectivity index (χ0n) is 16.0. The lowest BCUT2D eigenvalue weighted by molar-refractivity contribution is 0.0970. The number of Topliss-reactive ketones (excluding diaryl/α,β-unsaturated/α-hetero) is 1. The van der Waals surface area contributed by atoms with Crippen molar-refractivity contribution in [2.24, 2.45) is 0 Å². The Morgan fingerprint density at radius 2 is 1.89 bits per heavy atom. The Kier molecular flexibility index (Phi) is 4.63. The summed E-state index contributed by atoms with van der Waals surface area (Å²) in [6, 6.07) is 11.2. The van der Waals surface area contributed by atoms with E-state index < -0.39 is 10.0 Å². The summed E-state index contributed by atoms with van der Waals surface area (Å²) in [4.78, 5) is 14.5. The summed E-state index contributed by atoms with van der Waals surface area (Å²) in [5, 5.41) is 4.37. The van der Waals surface area contributed by atoms with Crippen LogP contribution in [0.4, 0.5) is 5.69 Å². The van der Waals surface area contributed by atoms with Crippen molar-refractivity contribution in [2.45, 2.75) is 38.6 Å². The van der Waals surface area contributed by atoms with E-state index in [0.29, 0.717) is 29.2 Å². The van der Waals surface area contributed by atoms with E-state index in [1.807, 2.05) is 37.3 Å². The first kappa shape index (κ1) is 18.9. The van der Waals surface area contributed by atoms with E-state index in [-0.39, 0.29) is 17.2 Å². The molecule has 0 saturated carbocycles. The molecular formula is C20H21N3O3S2. The summed E-state index contributed by atoms with van der Waals surface area (Å²) in [6.07, 6.45) is 0.692. The van der Waals surface area contributed by atoms with Gasteiger partial charge < -0.3 is 0 Å². The monoisotopic (exact) mass is 415 g/mol. The van der Waals surface area contributed by atoms with E-state index in [1.54, 1.807) is 19.9 Å². The molecule has 0 saturated heterocycles. The van der Waals surface area contributed by atoms with Crippen molar-refractivity contribution in [3.63, 3.8) is 0 Å². The van der Waals surface area contributed by atoms with Crippen LogP contribution in [0.3, 0.4) is 0 Å². The first-order valence-electron chi connectivity index (χ1n) is 9.03. The number of rotatable bonds is 5. The van der Waals surface area contributed by atoms with Gasteiger partial charge in [-0.1, -0.05) is 18.2 Å². The molecule has 4 rings (SSSR count). The largest absolute Gasteiger partial charge is 0.291 e. The number of carbonyl (C=O) groups excluding carboxylic acids is 1. The molecule has 0 aliphatic carbocycles. The van der Waals surface area contributed by atoms with Gasteiger partial charge in [0, 0.05) is 11.4 Å². The lowest BCUT2D eigenvalue weighted by Gasteiger charge is -2.19. The molecule has 1 aliphatic heterocycles. The van der Waals surface area contributed by atoms with Gasteiger partial charge in [0.05, 0.1) is 22.0 Å². The number of aryl methyl sites for hydroxylation is 2. The van der Waals surface area contributed by atoms with Gasteiger partial charge in [-0.2, -0.15) is 5.10 Å². The van der Waals surface area contributed by atoms with Crippen LogP contribution < -0.4 is 4.31 Å². The molecule has 0 radical (unpaired) electrons. The summed E-state index contributed by atoms with van der Waals surface area (Å²) < 4.78 is 29.8. The number of hydrogen-bond donors (Lipinski definition) is 0. The smallest absolute Gasteiger partial charge is 0.268 e. The number of anilines is 1. The highest BCUT2D eigenvalue weighted by Gasteiger charge is 2.35. The average Bonchev–Trinajstić information content (AvgIpc) is 3.33. The topological polar surface area (TPSA) is 72.3 Å². The number of aromatic nitrogens is 2. The van der Waals surface area contributed by atoms with Crippen LogP contribution in [0.25, 0.3) is 0 Å². The molecule has 1 aromatic carbocycles. The second-order valence-electron chi connectivity index (χ2n) is 6.95. The van der Waals surface area contributed by atoms with Crippen molar-refractivity contribution in [1.29, 1.82) is 0 Å². The fourth-order valence-corrected chi connectivity index (χ4v) is 6.35. The lowest BCUT2D eigenvalue weighted by atomic mass is 10.2. The van der Waals surface area contributed by atoms with Crippen molar-refractivity contribution in [3.05, 3.63) is 63.1 Å². The van der Waals surface area contributed by atoms with Gasteiger partial charge in [-0.05, 0) is 51.0 Å². The fraction of sp³-hybridized carbons (Fsp3) is 0.300. The predicted octanol–water partition coefficient (Wildman–Crippen LogP) is 3.50. The zero-order valence-corrected chi connectivity index (χ0v) is 17.6. The molecule has 6 nitrogen and oxygen atoms in total. The normalized spacial score (nSPS) is 13.8. The van der Waals surface area contributed by atoms with Gasteiger partial charge in [-0.15, -0.1) is 11.3 Å². The number of nitrogens with zero attached hydrogens (tertiary/aromatic N) is 3. The van der Waals surface area contributed by atoms with E-state index in [9.17, 15) is 13.2 Å². The Balaban J connectivity index is 1.69.